The van der Waals surface area contributed by atoms with Crippen molar-refractivity contribution in [1.82, 2.24) is 3.53 Å². The predicted octanol–water partition coefficient (Wildman–Crippen LogP) is 0.486. The van der Waals surface area contributed by atoms with Crippen LogP contribution in [0, 0.1) is 0 Å². The van der Waals surface area contributed by atoms with Crippen molar-refractivity contribution in [3.8, 4) is 0 Å². The Bertz CT molecular complexity index is 349. The van der Waals surface area contributed by atoms with Crippen molar-refractivity contribution < 1.29 is 22.8 Å². The van der Waals surface area contributed by atoms with Gasteiger partial charge in [0.2, 0.25) is 0 Å². The minimum atomic E-state index is -1.10. The van der Waals surface area contributed by atoms with Crippen molar-refractivity contribution in [1.29, 1.82) is 0 Å². The van der Waals surface area contributed by atoms with Gasteiger partial charge in [-0.15, -0.1) is 0 Å². The Morgan fingerprint density at radius 3 is 2.71 bits per heavy atom. The molecule has 3 nitrogen and oxygen atoms in total. The molecule has 1 N–H and O–H groups in total. The van der Waals surface area contributed by atoms with Crippen LogP contribution in [-0.4, -0.2) is 19.1 Å². The monoisotopic (exact) mass is 686 g/mol. The Balaban J connectivity index is 2.67. The van der Waals surface area contributed by atoms with Gasteiger partial charge in [0.1, 0.15) is 0 Å². The molecule has 1 aromatic rings. The zero-order valence-corrected chi connectivity index (χ0v) is 17.6. The minimum absolute atomic E-state index is 0.151. The van der Waals surface area contributed by atoms with Crippen LogP contribution in [0.4, 0.5) is 0 Å². The molecule has 0 spiro atoms. The first-order chi connectivity index (χ1) is 8.17. The zero-order valence-electron chi connectivity index (χ0n) is 9.00. The SMILES string of the molecule is COC(=O)[C@H](Cc1ccccc1)NI(I)[I-]I. The molecular formula is C10H12I4NO2-. The maximum atomic E-state index is 11.7. The Kier molecular flexibility index (Phi) is 9.26. The van der Waals surface area contributed by atoms with Crippen LogP contribution < -0.4 is 16.8 Å². The third-order valence-electron chi connectivity index (χ3n) is 2.03. The van der Waals surface area contributed by atoms with Gasteiger partial charge in [0.25, 0.3) is 0 Å². The van der Waals surface area contributed by atoms with Gasteiger partial charge in [-0.1, -0.05) is 0 Å². The van der Waals surface area contributed by atoms with Gasteiger partial charge >= 0.3 is 137 Å². The van der Waals surface area contributed by atoms with E-state index in [1.165, 1.54) is 12.7 Å². The number of esters is 1. The molecule has 0 heterocycles. The van der Waals surface area contributed by atoms with E-state index in [1.54, 1.807) is 0 Å². The van der Waals surface area contributed by atoms with E-state index < -0.39 is 12.1 Å². The number of hydrogen-bond donors (Lipinski definition) is 1. The Morgan fingerprint density at radius 1 is 1.53 bits per heavy atom. The van der Waals surface area contributed by atoms with E-state index in [0.29, 0.717) is 6.42 Å². The van der Waals surface area contributed by atoms with Crippen LogP contribution in [-0.2, 0) is 16.0 Å². The van der Waals surface area contributed by atoms with E-state index in [0.717, 1.165) is 0 Å². The number of halogens is 4. The number of rotatable bonds is 6. The van der Waals surface area contributed by atoms with E-state index in [9.17, 15) is 4.79 Å². The molecule has 1 rings (SSSR count). The number of carbonyl (C=O) groups is 1. The first-order valence-corrected chi connectivity index (χ1v) is 24.6. The molecular weight excluding hydrogens is 674 g/mol. The number of nitrogens with one attached hydrogen (secondary N) is 1. The number of carbonyl (C=O) groups excluding carboxylic acids is 1. The van der Waals surface area contributed by atoms with Crippen LogP contribution in [0.3, 0.4) is 0 Å². The molecule has 0 aliphatic rings. The summed E-state index contributed by atoms with van der Waals surface area (Å²) in [5, 5.41) is 0. The molecule has 7 heteroatoms. The first-order valence-electron chi connectivity index (χ1n) is 4.68. The van der Waals surface area contributed by atoms with Gasteiger partial charge in [0.15, 0.2) is 0 Å². The molecule has 1 aromatic carbocycles. The summed E-state index contributed by atoms with van der Waals surface area (Å²) in [6.45, 7) is 0. The van der Waals surface area contributed by atoms with Gasteiger partial charge in [-0.3, -0.25) is 0 Å². The molecule has 0 bridgehead atoms. The summed E-state index contributed by atoms with van der Waals surface area (Å²) in [5.74, 6) is -0.151. The van der Waals surface area contributed by atoms with Crippen molar-refractivity contribution in [3.63, 3.8) is 0 Å². The standard InChI is InChI=1S/C10H12I4NO2/c1-17-10(16)9(15-14(12)13-11)7-8-5-3-2-4-6-8/h2-6,9,15H,7H2,1H3/q-1/t9-/m0/s1. The normalized spacial score (nSPS) is 13.2. The number of methoxy groups -OCH3 is 1. The fourth-order valence-electron chi connectivity index (χ4n) is 1.27. The molecule has 0 aromatic heterocycles. The Labute approximate surface area is 135 Å². The van der Waals surface area contributed by atoms with Crippen molar-refractivity contribution in [2.75, 3.05) is 7.11 Å². The second-order valence-electron chi connectivity index (χ2n) is 3.13. The summed E-state index contributed by atoms with van der Waals surface area (Å²) in [6.07, 6.45) is 0.713. The molecule has 0 radical (unpaired) electrons. The van der Waals surface area contributed by atoms with Crippen molar-refractivity contribution in [2.24, 2.45) is 0 Å². The molecule has 0 unspecified atom stereocenters. The Morgan fingerprint density at radius 2 is 2.18 bits per heavy atom. The van der Waals surface area contributed by atoms with E-state index in [-0.39, 0.29) is 25.3 Å². The quantitative estimate of drug-likeness (QED) is 0.270. The summed E-state index contributed by atoms with van der Waals surface area (Å²) in [7, 11) is 1.45. The molecule has 1 atom stereocenters. The van der Waals surface area contributed by atoms with Gasteiger partial charge in [-0.2, -0.15) is 0 Å². The fraction of sp³-hybridized carbons (Fsp3) is 0.300. The topological polar surface area (TPSA) is 38.3 Å². The van der Waals surface area contributed by atoms with E-state index in [4.69, 9.17) is 4.74 Å². The van der Waals surface area contributed by atoms with Crippen molar-refractivity contribution in [2.45, 2.75) is 12.5 Å². The van der Waals surface area contributed by atoms with Crippen LogP contribution in [0.1, 0.15) is 5.56 Å². The third-order valence-corrected chi connectivity index (χ3v) is 55.8. The fourth-order valence-corrected chi connectivity index (χ4v) is 10.8. The second-order valence-corrected chi connectivity index (χ2v) is 42.5. The van der Waals surface area contributed by atoms with E-state index in [1.807, 2.05) is 30.3 Å². The van der Waals surface area contributed by atoms with Crippen LogP contribution in [0.25, 0.3) is 0 Å². The summed E-state index contributed by atoms with van der Waals surface area (Å²) < 4.78 is 8.34. The van der Waals surface area contributed by atoms with Gasteiger partial charge in [0, 0.05) is 0 Å². The number of hydrogen-bond acceptors (Lipinski definition) is 3. The van der Waals surface area contributed by atoms with E-state index >= 15 is 0 Å². The van der Waals surface area contributed by atoms with Crippen molar-refractivity contribution in [3.05, 3.63) is 35.9 Å². The van der Waals surface area contributed by atoms with E-state index in [2.05, 4.69) is 40.8 Å². The summed E-state index contributed by atoms with van der Waals surface area (Å²) >= 11 is 4.06. The predicted molar refractivity (Wildman–Crippen MR) is 91.1 cm³/mol. The van der Waals surface area contributed by atoms with Crippen LogP contribution in [0.2, 0.25) is 0 Å². The second kappa shape index (κ2) is 9.47. The molecule has 0 saturated heterocycles. The third kappa shape index (κ3) is 6.51. The number of ether oxygens (including phenoxy) is 1. The summed E-state index contributed by atoms with van der Waals surface area (Å²) in [6, 6.07) is 9.88. The van der Waals surface area contributed by atoms with Crippen LogP contribution >= 0.6 is 49.4 Å². The zero-order chi connectivity index (χ0) is 12.7. The first kappa shape index (κ1) is 16.6. The molecule has 0 saturated carbocycles. The molecule has 0 fully saturated rings. The van der Waals surface area contributed by atoms with Crippen LogP contribution in [0.5, 0.6) is 0 Å². The van der Waals surface area contributed by atoms with Crippen LogP contribution in [0.15, 0.2) is 30.3 Å². The van der Waals surface area contributed by atoms with Gasteiger partial charge in [0.05, 0.1) is 0 Å². The molecule has 17 heavy (non-hydrogen) atoms. The average Bonchev–Trinajstić information content (AvgIpc) is 2.38. The van der Waals surface area contributed by atoms with Gasteiger partial charge in [-0.05, 0) is 0 Å². The summed E-state index contributed by atoms with van der Waals surface area (Å²) in [4.78, 5) is 11.7. The molecule has 0 aliphatic heterocycles. The molecule has 98 valence electrons. The summed E-state index contributed by atoms with van der Waals surface area (Å²) in [5.41, 5.74) is 1.17. The molecule has 0 aliphatic carbocycles. The maximum absolute atomic E-state index is 11.7. The van der Waals surface area contributed by atoms with Gasteiger partial charge in [-0.25, -0.2) is 0 Å². The van der Waals surface area contributed by atoms with Gasteiger partial charge < -0.3 is 0 Å². The Hall–Kier alpha value is 1.57. The number of benzene rings is 1. The average molecular weight is 686 g/mol. The molecule has 0 amide bonds. The van der Waals surface area contributed by atoms with Crippen molar-refractivity contribution >= 4 is 55.3 Å².